The van der Waals surface area contributed by atoms with Crippen LogP contribution in [0, 0.1) is 17.8 Å². The molecule has 0 spiro atoms. The number of nitrogens with one attached hydrogen (secondary N) is 1. The molecule has 0 aliphatic heterocycles. The van der Waals surface area contributed by atoms with Crippen LogP contribution in [-0.4, -0.2) is 52.4 Å². The molecule has 4 fully saturated rings. The summed E-state index contributed by atoms with van der Waals surface area (Å²) < 4.78 is 8.09. The van der Waals surface area contributed by atoms with E-state index in [0.29, 0.717) is 31.1 Å². The highest BCUT2D eigenvalue weighted by Gasteiger charge is 2.51. The molecule has 186 valence electrons. The van der Waals surface area contributed by atoms with Crippen LogP contribution in [0.1, 0.15) is 54.4 Å². The predicted molar refractivity (Wildman–Crippen MR) is 138 cm³/mol. The second-order valence-corrected chi connectivity index (χ2v) is 10.8. The van der Waals surface area contributed by atoms with E-state index in [4.69, 9.17) is 4.74 Å². The van der Waals surface area contributed by atoms with Gasteiger partial charge in [0.05, 0.1) is 12.7 Å². The predicted octanol–water partition coefficient (Wildman–Crippen LogP) is 4.68. The lowest BCUT2D eigenvalue weighted by atomic mass is 9.53. The first-order valence-electron chi connectivity index (χ1n) is 13.1. The fourth-order valence-corrected chi connectivity index (χ4v) is 7.02. The molecule has 1 amide bonds. The number of ether oxygens (including phenoxy) is 1. The van der Waals surface area contributed by atoms with Crippen LogP contribution in [0.25, 0.3) is 0 Å². The third-order valence-corrected chi connectivity index (χ3v) is 8.05. The average molecular weight is 475 g/mol. The van der Waals surface area contributed by atoms with Crippen molar-refractivity contribution < 1.29 is 9.53 Å². The van der Waals surface area contributed by atoms with Crippen molar-refractivity contribution in [2.75, 3.05) is 26.2 Å². The van der Waals surface area contributed by atoms with E-state index in [1.165, 1.54) is 19.3 Å². The van der Waals surface area contributed by atoms with Crippen molar-refractivity contribution in [3.8, 4) is 5.88 Å². The summed E-state index contributed by atoms with van der Waals surface area (Å²) in [6, 6.07) is 10.2. The van der Waals surface area contributed by atoms with E-state index in [0.717, 1.165) is 55.7 Å². The van der Waals surface area contributed by atoms with Crippen molar-refractivity contribution in [1.29, 1.82) is 0 Å². The minimum atomic E-state index is -0.0463. The molecular weight excluding hydrogens is 436 g/mol. The molecule has 1 heterocycles. The van der Waals surface area contributed by atoms with Gasteiger partial charge in [0, 0.05) is 25.2 Å². The maximum absolute atomic E-state index is 13.6. The Morgan fingerprint density at radius 3 is 2.31 bits per heavy atom. The highest BCUT2D eigenvalue weighted by atomic mass is 16.5. The number of nitrogens with zero attached hydrogens (tertiary/aromatic N) is 3. The summed E-state index contributed by atoms with van der Waals surface area (Å²) in [4.78, 5) is 15.8. The van der Waals surface area contributed by atoms with Crippen LogP contribution >= 0.6 is 0 Å². The minimum absolute atomic E-state index is 0.0460. The minimum Gasteiger partial charge on any atom is -0.476 e. The van der Waals surface area contributed by atoms with Gasteiger partial charge in [-0.25, -0.2) is 4.68 Å². The molecule has 1 aromatic heterocycles. The number of benzene rings is 1. The van der Waals surface area contributed by atoms with Gasteiger partial charge in [0.25, 0.3) is 5.91 Å². The fourth-order valence-electron chi connectivity index (χ4n) is 7.02. The Balaban J connectivity index is 1.33. The number of hydrogen-bond acceptors (Lipinski definition) is 4. The quantitative estimate of drug-likeness (QED) is 0.454. The molecule has 4 aliphatic carbocycles. The van der Waals surface area contributed by atoms with Gasteiger partial charge < -0.3 is 10.1 Å². The SMILES string of the molecule is C=CCN(CC=C)CCOc1c(C(=O)NC23CC4CC(CC(C4)C2)C3)cnn1Cc1ccccc1. The number of hydrogen-bond donors (Lipinski definition) is 1. The molecule has 2 aromatic rings. The lowest BCUT2D eigenvalue weighted by Gasteiger charge is -2.56. The summed E-state index contributed by atoms with van der Waals surface area (Å²) in [5.41, 5.74) is 1.61. The van der Waals surface area contributed by atoms with E-state index in [2.05, 4.69) is 40.6 Å². The first-order valence-corrected chi connectivity index (χ1v) is 13.1. The molecule has 1 aromatic carbocycles. The maximum atomic E-state index is 13.6. The molecular formula is C29H38N4O2. The van der Waals surface area contributed by atoms with Crippen molar-refractivity contribution in [1.82, 2.24) is 20.0 Å². The Bertz CT molecular complexity index is 999. The maximum Gasteiger partial charge on any atom is 0.258 e. The number of amides is 1. The summed E-state index contributed by atoms with van der Waals surface area (Å²) in [5.74, 6) is 2.83. The Labute approximate surface area is 209 Å². The van der Waals surface area contributed by atoms with Crippen LogP contribution in [0.15, 0.2) is 61.8 Å². The van der Waals surface area contributed by atoms with Crippen LogP contribution in [0.3, 0.4) is 0 Å². The normalized spacial score (nSPS) is 26.6. The highest BCUT2D eigenvalue weighted by molar-refractivity contribution is 5.96. The molecule has 4 aliphatic rings. The molecule has 6 nitrogen and oxygen atoms in total. The summed E-state index contributed by atoms with van der Waals surface area (Å²) in [6.07, 6.45) is 12.9. The lowest BCUT2D eigenvalue weighted by molar-refractivity contribution is -0.0167. The largest absolute Gasteiger partial charge is 0.476 e. The summed E-state index contributed by atoms with van der Waals surface area (Å²) >= 11 is 0. The molecule has 0 saturated heterocycles. The Kier molecular flexibility index (Phi) is 7.09. The first-order chi connectivity index (χ1) is 17.1. The van der Waals surface area contributed by atoms with Crippen molar-refractivity contribution in [3.05, 3.63) is 73.0 Å². The van der Waals surface area contributed by atoms with Gasteiger partial charge in [-0.1, -0.05) is 42.5 Å². The zero-order valence-corrected chi connectivity index (χ0v) is 20.7. The summed E-state index contributed by atoms with van der Waals surface area (Å²) in [6.45, 7) is 10.9. The number of rotatable bonds is 12. The van der Waals surface area contributed by atoms with Gasteiger partial charge in [-0.3, -0.25) is 9.69 Å². The summed E-state index contributed by atoms with van der Waals surface area (Å²) in [7, 11) is 0. The zero-order valence-electron chi connectivity index (χ0n) is 20.7. The van der Waals surface area contributed by atoms with Crippen LogP contribution in [-0.2, 0) is 6.54 Å². The smallest absolute Gasteiger partial charge is 0.258 e. The molecule has 6 rings (SSSR count). The van der Waals surface area contributed by atoms with Crippen molar-refractivity contribution in [2.24, 2.45) is 17.8 Å². The highest BCUT2D eigenvalue weighted by Crippen LogP contribution is 2.55. The van der Waals surface area contributed by atoms with Gasteiger partial charge >= 0.3 is 0 Å². The van der Waals surface area contributed by atoms with E-state index in [1.807, 2.05) is 35.0 Å². The van der Waals surface area contributed by atoms with Gasteiger partial charge in [-0.15, -0.1) is 13.2 Å². The van der Waals surface area contributed by atoms with Gasteiger partial charge in [-0.05, 0) is 61.8 Å². The van der Waals surface area contributed by atoms with Crippen molar-refractivity contribution in [3.63, 3.8) is 0 Å². The Morgan fingerprint density at radius 1 is 1.09 bits per heavy atom. The molecule has 0 unspecified atom stereocenters. The van der Waals surface area contributed by atoms with Crippen LogP contribution < -0.4 is 10.1 Å². The average Bonchev–Trinajstić information content (AvgIpc) is 3.21. The van der Waals surface area contributed by atoms with Crippen LogP contribution in [0.2, 0.25) is 0 Å². The lowest BCUT2D eigenvalue weighted by Crippen LogP contribution is -2.59. The number of aromatic nitrogens is 2. The standard InChI is InChI=1S/C29H38N4O2/c1-3-10-32(11-4-2)12-13-35-28-26(20-30-33(28)21-22-8-6-5-7-9-22)27(34)31-29-17-23-14-24(18-29)16-25(15-23)19-29/h3-9,20,23-25H,1-2,10-19,21H2,(H,31,34). The molecule has 4 bridgehead atoms. The topological polar surface area (TPSA) is 59.4 Å². The first kappa shape index (κ1) is 23.9. The second kappa shape index (κ2) is 10.4. The number of carbonyl (C=O) groups is 1. The molecule has 0 atom stereocenters. The van der Waals surface area contributed by atoms with E-state index in [1.54, 1.807) is 6.20 Å². The number of carbonyl (C=O) groups excluding carboxylic acids is 1. The molecule has 4 saturated carbocycles. The molecule has 6 heteroatoms. The van der Waals surface area contributed by atoms with E-state index in [-0.39, 0.29) is 11.4 Å². The Morgan fingerprint density at radius 2 is 1.71 bits per heavy atom. The molecule has 0 radical (unpaired) electrons. The monoisotopic (exact) mass is 474 g/mol. The van der Waals surface area contributed by atoms with E-state index >= 15 is 0 Å². The van der Waals surface area contributed by atoms with Gasteiger partial charge in [0.15, 0.2) is 0 Å². The third kappa shape index (κ3) is 5.37. The van der Waals surface area contributed by atoms with Crippen molar-refractivity contribution >= 4 is 5.91 Å². The zero-order chi connectivity index (χ0) is 24.3. The molecule has 35 heavy (non-hydrogen) atoms. The fraction of sp³-hybridized carbons (Fsp3) is 0.517. The van der Waals surface area contributed by atoms with Gasteiger partial charge in [0.1, 0.15) is 12.2 Å². The van der Waals surface area contributed by atoms with Crippen LogP contribution in [0.4, 0.5) is 0 Å². The third-order valence-electron chi connectivity index (χ3n) is 8.05. The van der Waals surface area contributed by atoms with E-state index in [9.17, 15) is 4.79 Å². The van der Waals surface area contributed by atoms with Gasteiger partial charge in [0.2, 0.25) is 5.88 Å². The van der Waals surface area contributed by atoms with Crippen molar-refractivity contribution in [2.45, 2.75) is 50.6 Å². The van der Waals surface area contributed by atoms with E-state index < -0.39 is 0 Å². The second-order valence-electron chi connectivity index (χ2n) is 10.8. The molecule has 1 N–H and O–H groups in total. The van der Waals surface area contributed by atoms with Crippen LogP contribution in [0.5, 0.6) is 5.88 Å². The Hall–Kier alpha value is -2.86. The van der Waals surface area contributed by atoms with Gasteiger partial charge in [-0.2, -0.15) is 5.10 Å². The summed E-state index contributed by atoms with van der Waals surface area (Å²) in [5, 5.41) is 8.07.